The van der Waals surface area contributed by atoms with Crippen LogP contribution in [0.5, 0.6) is 0 Å². The molecule has 0 aliphatic carbocycles. The van der Waals surface area contributed by atoms with E-state index in [0.717, 1.165) is 27.7 Å². The molecular formula is C22H21FN4O. The van der Waals surface area contributed by atoms with E-state index in [-0.39, 0.29) is 11.7 Å². The van der Waals surface area contributed by atoms with Gasteiger partial charge < -0.3 is 14.9 Å². The molecule has 0 bridgehead atoms. The highest BCUT2D eigenvalue weighted by Crippen LogP contribution is 2.26. The third kappa shape index (κ3) is 3.07. The number of aromatic nitrogens is 3. The lowest BCUT2D eigenvalue weighted by atomic mass is 10.0. The zero-order valence-electron chi connectivity index (χ0n) is 16.0. The Morgan fingerprint density at radius 1 is 1.18 bits per heavy atom. The largest absolute Gasteiger partial charge is 0.358 e. The molecule has 0 spiro atoms. The monoisotopic (exact) mass is 376 g/mol. The Kier molecular flexibility index (Phi) is 4.47. The Bertz CT molecular complexity index is 1160. The second-order valence-corrected chi connectivity index (χ2v) is 6.96. The van der Waals surface area contributed by atoms with Gasteiger partial charge in [0.15, 0.2) is 0 Å². The van der Waals surface area contributed by atoms with Crippen LogP contribution in [0.1, 0.15) is 39.0 Å². The fourth-order valence-corrected chi connectivity index (χ4v) is 3.49. The van der Waals surface area contributed by atoms with Crippen LogP contribution in [0, 0.1) is 19.7 Å². The summed E-state index contributed by atoms with van der Waals surface area (Å²) < 4.78 is 15.2. The fraction of sp³-hybridized carbons (Fsp3) is 0.182. The molecule has 1 atom stereocenters. The van der Waals surface area contributed by atoms with Gasteiger partial charge in [-0.1, -0.05) is 24.3 Å². The summed E-state index contributed by atoms with van der Waals surface area (Å²) in [5.74, 6) is 0.130. The molecule has 0 aliphatic rings. The van der Waals surface area contributed by atoms with Crippen LogP contribution in [0.25, 0.3) is 10.9 Å². The minimum atomic E-state index is -0.500. The number of hydrogen-bond acceptors (Lipinski definition) is 2. The van der Waals surface area contributed by atoms with Crippen molar-refractivity contribution in [2.45, 2.75) is 19.9 Å². The number of rotatable bonds is 4. The number of nitrogens with one attached hydrogen (secondary N) is 2. The van der Waals surface area contributed by atoms with E-state index in [1.54, 1.807) is 24.4 Å². The zero-order valence-corrected chi connectivity index (χ0v) is 16.0. The van der Waals surface area contributed by atoms with Crippen LogP contribution >= 0.6 is 0 Å². The van der Waals surface area contributed by atoms with Gasteiger partial charge in [-0.2, -0.15) is 0 Å². The molecule has 4 aromatic rings. The molecule has 0 saturated carbocycles. The van der Waals surface area contributed by atoms with Gasteiger partial charge in [0.05, 0.1) is 11.1 Å². The minimum Gasteiger partial charge on any atom is -0.358 e. The summed E-state index contributed by atoms with van der Waals surface area (Å²) in [6.07, 6.45) is 3.49. The molecule has 2 heterocycles. The fourth-order valence-electron chi connectivity index (χ4n) is 3.49. The Balaban J connectivity index is 1.75. The van der Waals surface area contributed by atoms with Gasteiger partial charge in [0.25, 0.3) is 5.91 Å². The van der Waals surface area contributed by atoms with Crippen molar-refractivity contribution >= 4 is 16.8 Å². The summed E-state index contributed by atoms with van der Waals surface area (Å²) >= 11 is 0. The molecule has 28 heavy (non-hydrogen) atoms. The number of hydrogen-bond donors (Lipinski definition) is 2. The van der Waals surface area contributed by atoms with E-state index in [1.807, 2.05) is 43.8 Å². The van der Waals surface area contributed by atoms with E-state index in [9.17, 15) is 9.18 Å². The Labute approximate surface area is 162 Å². The van der Waals surface area contributed by atoms with Crippen molar-refractivity contribution in [2.75, 3.05) is 0 Å². The van der Waals surface area contributed by atoms with Gasteiger partial charge >= 0.3 is 0 Å². The number of imidazole rings is 1. The maximum Gasteiger partial charge on any atom is 0.254 e. The van der Waals surface area contributed by atoms with Crippen molar-refractivity contribution in [1.29, 1.82) is 0 Å². The van der Waals surface area contributed by atoms with Crippen molar-refractivity contribution in [1.82, 2.24) is 19.9 Å². The van der Waals surface area contributed by atoms with Crippen LogP contribution in [-0.2, 0) is 7.05 Å². The van der Waals surface area contributed by atoms with E-state index < -0.39 is 6.04 Å². The number of benzene rings is 2. The maximum absolute atomic E-state index is 13.4. The number of nitrogens with zero attached hydrogens (tertiary/aromatic N) is 2. The molecule has 0 saturated heterocycles. The van der Waals surface area contributed by atoms with Crippen LogP contribution in [0.15, 0.2) is 54.9 Å². The molecule has 5 nitrogen and oxygen atoms in total. The topological polar surface area (TPSA) is 62.7 Å². The van der Waals surface area contributed by atoms with Crippen molar-refractivity contribution < 1.29 is 9.18 Å². The van der Waals surface area contributed by atoms with E-state index in [4.69, 9.17) is 0 Å². The van der Waals surface area contributed by atoms with Crippen molar-refractivity contribution in [2.24, 2.45) is 7.05 Å². The van der Waals surface area contributed by atoms with E-state index >= 15 is 0 Å². The van der Waals surface area contributed by atoms with Gasteiger partial charge in [0.2, 0.25) is 0 Å². The standard InChI is InChI=1S/C22H21FN4O/c1-13-14(2)25-20-17(13)5-4-6-18(20)22(28)26-19(21-24-11-12-27(21)3)15-7-9-16(23)10-8-15/h4-12,19,25H,1-3H3,(H,26,28). The molecule has 2 aromatic carbocycles. The molecule has 4 rings (SSSR count). The minimum absolute atomic E-state index is 0.218. The number of fused-ring (bicyclic) bond motifs is 1. The molecule has 6 heteroatoms. The first-order valence-corrected chi connectivity index (χ1v) is 9.07. The number of halogens is 1. The lowest BCUT2D eigenvalue weighted by Crippen LogP contribution is -2.31. The number of H-pyrrole nitrogens is 1. The maximum atomic E-state index is 13.4. The molecule has 0 radical (unpaired) electrons. The smallest absolute Gasteiger partial charge is 0.254 e. The summed E-state index contributed by atoms with van der Waals surface area (Å²) in [5, 5.41) is 4.10. The first-order valence-electron chi connectivity index (χ1n) is 9.07. The first-order chi connectivity index (χ1) is 13.5. The summed E-state index contributed by atoms with van der Waals surface area (Å²) in [6, 6.07) is 11.3. The lowest BCUT2D eigenvalue weighted by Gasteiger charge is -2.19. The normalized spacial score (nSPS) is 12.3. The van der Waals surface area contributed by atoms with Crippen LogP contribution < -0.4 is 5.32 Å². The van der Waals surface area contributed by atoms with Gasteiger partial charge in [-0.25, -0.2) is 9.37 Å². The summed E-state index contributed by atoms with van der Waals surface area (Å²) in [5.41, 5.74) is 4.30. The van der Waals surface area contributed by atoms with E-state index in [0.29, 0.717) is 11.4 Å². The van der Waals surface area contributed by atoms with Crippen molar-refractivity contribution in [3.05, 3.63) is 88.9 Å². The van der Waals surface area contributed by atoms with Crippen LogP contribution in [0.4, 0.5) is 4.39 Å². The summed E-state index contributed by atoms with van der Waals surface area (Å²) in [6.45, 7) is 4.03. The quantitative estimate of drug-likeness (QED) is 0.561. The molecule has 2 aromatic heterocycles. The van der Waals surface area contributed by atoms with Gasteiger partial charge in [-0.15, -0.1) is 0 Å². The first kappa shape index (κ1) is 18.0. The SMILES string of the molecule is Cc1[nH]c2c(C(=O)NC(c3ccc(F)cc3)c3nccn3C)cccc2c1C. The van der Waals surface area contributed by atoms with Crippen molar-refractivity contribution in [3.63, 3.8) is 0 Å². The number of aryl methyl sites for hydroxylation is 3. The van der Waals surface area contributed by atoms with Gasteiger partial charge in [-0.3, -0.25) is 4.79 Å². The molecule has 0 aliphatic heterocycles. The number of carbonyl (C=O) groups excluding carboxylic acids is 1. The average Bonchev–Trinajstić information content (AvgIpc) is 3.23. The van der Waals surface area contributed by atoms with E-state index in [1.165, 1.54) is 12.1 Å². The van der Waals surface area contributed by atoms with Crippen LogP contribution in [0.2, 0.25) is 0 Å². The Morgan fingerprint density at radius 3 is 2.61 bits per heavy atom. The van der Waals surface area contributed by atoms with Crippen LogP contribution in [-0.4, -0.2) is 20.4 Å². The van der Waals surface area contributed by atoms with Gasteiger partial charge in [0, 0.05) is 30.5 Å². The Morgan fingerprint density at radius 2 is 1.93 bits per heavy atom. The van der Waals surface area contributed by atoms with Gasteiger partial charge in [0.1, 0.15) is 17.7 Å². The van der Waals surface area contributed by atoms with Gasteiger partial charge in [-0.05, 0) is 43.2 Å². The lowest BCUT2D eigenvalue weighted by molar-refractivity contribution is 0.0942. The third-order valence-corrected chi connectivity index (χ3v) is 5.18. The molecule has 142 valence electrons. The molecule has 0 fully saturated rings. The highest BCUT2D eigenvalue weighted by atomic mass is 19.1. The highest BCUT2D eigenvalue weighted by Gasteiger charge is 2.23. The molecular weight excluding hydrogens is 355 g/mol. The Hall–Kier alpha value is -3.41. The van der Waals surface area contributed by atoms with Crippen LogP contribution in [0.3, 0.4) is 0 Å². The molecule has 2 N–H and O–H groups in total. The number of aromatic amines is 1. The molecule has 1 unspecified atom stereocenters. The predicted octanol–water partition coefficient (Wildman–Crippen LogP) is 4.18. The highest BCUT2D eigenvalue weighted by molar-refractivity contribution is 6.06. The average molecular weight is 376 g/mol. The van der Waals surface area contributed by atoms with Crippen molar-refractivity contribution in [3.8, 4) is 0 Å². The second kappa shape index (κ2) is 6.96. The predicted molar refractivity (Wildman–Crippen MR) is 107 cm³/mol. The number of para-hydroxylation sites is 1. The third-order valence-electron chi connectivity index (χ3n) is 5.18. The zero-order chi connectivity index (χ0) is 19.8. The summed E-state index contributed by atoms with van der Waals surface area (Å²) in [4.78, 5) is 20.9. The summed E-state index contributed by atoms with van der Waals surface area (Å²) in [7, 11) is 1.86. The number of amides is 1. The second-order valence-electron chi connectivity index (χ2n) is 6.96. The number of carbonyl (C=O) groups is 1. The van der Waals surface area contributed by atoms with E-state index in [2.05, 4.69) is 15.3 Å². The molecule has 1 amide bonds.